The highest BCUT2D eigenvalue weighted by Gasteiger charge is 2.17. The van der Waals surface area contributed by atoms with E-state index in [1.54, 1.807) is 0 Å². The summed E-state index contributed by atoms with van der Waals surface area (Å²) in [6.45, 7) is 9.79. The molecule has 1 rings (SSSR count). The maximum atomic E-state index is 11.2. The molecule has 0 aromatic heterocycles. The summed E-state index contributed by atoms with van der Waals surface area (Å²) in [5.74, 6) is 0.492. The minimum absolute atomic E-state index is 0.181. The van der Waals surface area contributed by atoms with Gasteiger partial charge in [0.2, 0.25) is 5.91 Å². The highest BCUT2D eigenvalue weighted by atomic mass is 16.5. The summed E-state index contributed by atoms with van der Waals surface area (Å²) in [5.41, 5.74) is 6.82. The predicted molar refractivity (Wildman–Crippen MR) is 86.5 cm³/mol. The Balaban J connectivity index is 2.51. The third-order valence-corrected chi connectivity index (χ3v) is 3.99. The van der Waals surface area contributed by atoms with Crippen molar-refractivity contribution in [3.05, 3.63) is 29.8 Å². The van der Waals surface area contributed by atoms with E-state index >= 15 is 0 Å². The molecule has 0 aliphatic heterocycles. The zero-order chi connectivity index (χ0) is 15.9. The van der Waals surface area contributed by atoms with Crippen molar-refractivity contribution in [2.75, 3.05) is 13.2 Å². The Morgan fingerprint density at radius 1 is 1.29 bits per heavy atom. The summed E-state index contributed by atoms with van der Waals surface area (Å²) in [6.07, 6.45) is 1.67. The molecule has 1 amide bonds. The molecule has 0 bridgehead atoms. The highest BCUT2D eigenvalue weighted by Crippen LogP contribution is 2.28. The van der Waals surface area contributed by atoms with Crippen molar-refractivity contribution in [3.8, 4) is 5.75 Å². The Morgan fingerprint density at radius 2 is 1.90 bits per heavy atom. The monoisotopic (exact) mass is 292 g/mol. The Morgan fingerprint density at radius 3 is 2.38 bits per heavy atom. The molecule has 4 nitrogen and oxygen atoms in total. The molecule has 4 heteroatoms. The summed E-state index contributed by atoms with van der Waals surface area (Å²) in [5, 5.41) is 3.05. The van der Waals surface area contributed by atoms with E-state index in [-0.39, 0.29) is 17.4 Å². The van der Waals surface area contributed by atoms with E-state index in [9.17, 15) is 4.79 Å². The fraction of sp³-hybridized carbons (Fsp3) is 0.588. The first-order chi connectivity index (χ1) is 9.90. The zero-order valence-corrected chi connectivity index (χ0v) is 13.6. The average molecular weight is 292 g/mol. The van der Waals surface area contributed by atoms with Crippen LogP contribution in [0.3, 0.4) is 0 Å². The molecule has 0 saturated heterocycles. The van der Waals surface area contributed by atoms with Gasteiger partial charge in [-0.05, 0) is 36.1 Å². The van der Waals surface area contributed by atoms with Crippen molar-refractivity contribution >= 4 is 5.91 Å². The van der Waals surface area contributed by atoms with Gasteiger partial charge in [-0.3, -0.25) is 4.79 Å². The first kappa shape index (κ1) is 17.5. The van der Waals surface area contributed by atoms with Crippen LogP contribution < -0.4 is 15.8 Å². The van der Waals surface area contributed by atoms with E-state index < -0.39 is 0 Å². The lowest BCUT2D eigenvalue weighted by atomic mass is 9.82. The lowest BCUT2D eigenvalue weighted by molar-refractivity contribution is -0.120. The second kappa shape index (κ2) is 8.03. The van der Waals surface area contributed by atoms with Crippen molar-refractivity contribution in [2.24, 2.45) is 5.73 Å². The lowest BCUT2D eigenvalue weighted by Gasteiger charge is -2.23. The summed E-state index contributed by atoms with van der Waals surface area (Å²) < 4.78 is 5.69. The van der Waals surface area contributed by atoms with Crippen LogP contribution in [0, 0.1) is 0 Å². The highest BCUT2D eigenvalue weighted by molar-refractivity contribution is 5.79. The maximum Gasteiger partial charge on any atom is 0.234 e. The maximum absolute atomic E-state index is 11.2. The van der Waals surface area contributed by atoms with Crippen LogP contribution in [-0.2, 0) is 10.2 Å². The first-order valence-electron chi connectivity index (χ1n) is 7.66. The zero-order valence-electron chi connectivity index (χ0n) is 13.6. The van der Waals surface area contributed by atoms with Crippen LogP contribution in [0.1, 0.15) is 46.1 Å². The molecule has 0 aliphatic carbocycles. The molecular weight excluding hydrogens is 264 g/mol. The van der Waals surface area contributed by atoms with Crippen LogP contribution in [0.5, 0.6) is 5.75 Å². The van der Waals surface area contributed by atoms with Gasteiger partial charge in [-0.1, -0.05) is 39.8 Å². The molecule has 1 unspecified atom stereocenters. The summed E-state index contributed by atoms with van der Waals surface area (Å²) in [7, 11) is 0. The minimum Gasteiger partial charge on any atom is -0.494 e. The summed E-state index contributed by atoms with van der Waals surface area (Å²) in [4.78, 5) is 11.2. The fourth-order valence-electron chi connectivity index (χ4n) is 2.09. The number of primary amides is 1. The van der Waals surface area contributed by atoms with Gasteiger partial charge in [-0.15, -0.1) is 0 Å². The Bertz CT molecular complexity index is 441. The molecule has 1 aromatic carbocycles. The van der Waals surface area contributed by atoms with Gasteiger partial charge in [-0.2, -0.15) is 0 Å². The number of nitrogens with one attached hydrogen (secondary N) is 1. The predicted octanol–water partition coefficient (Wildman–Crippen LogP) is 2.61. The third-order valence-electron chi connectivity index (χ3n) is 3.99. The second-order valence-electron chi connectivity index (χ2n) is 5.91. The standard InChI is InChI=1S/C17H28N2O2/c1-5-17(3,4)13-7-9-14(10-8-13)21-12-11-15(16(18)20)19-6-2/h7-10,15,19H,5-6,11-12H2,1-4H3,(H2,18,20). The molecule has 118 valence electrons. The van der Waals surface area contributed by atoms with Crippen molar-refractivity contribution < 1.29 is 9.53 Å². The average Bonchev–Trinajstić information content (AvgIpc) is 2.46. The van der Waals surface area contributed by atoms with Crippen LogP contribution in [-0.4, -0.2) is 25.1 Å². The molecule has 0 spiro atoms. The van der Waals surface area contributed by atoms with Crippen LogP contribution in [0.25, 0.3) is 0 Å². The molecular formula is C17H28N2O2. The molecule has 0 radical (unpaired) electrons. The van der Waals surface area contributed by atoms with Crippen LogP contribution in [0.2, 0.25) is 0 Å². The third kappa shape index (κ3) is 5.38. The minimum atomic E-state index is -0.333. The lowest BCUT2D eigenvalue weighted by Crippen LogP contribution is -2.42. The summed E-state index contributed by atoms with van der Waals surface area (Å²) in [6, 6.07) is 7.86. The number of amides is 1. The number of carbonyl (C=O) groups is 1. The van der Waals surface area contributed by atoms with Gasteiger partial charge in [0.1, 0.15) is 5.75 Å². The molecule has 3 N–H and O–H groups in total. The topological polar surface area (TPSA) is 64.3 Å². The van der Waals surface area contributed by atoms with Gasteiger partial charge in [-0.25, -0.2) is 0 Å². The van der Waals surface area contributed by atoms with E-state index in [1.165, 1.54) is 5.56 Å². The molecule has 1 atom stereocenters. The van der Waals surface area contributed by atoms with Gasteiger partial charge in [0.25, 0.3) is 0 Å². The molecule has 0 heterocycles. The molecule has 0 fully saturated rings. The largest absolute Gasteiger partial charge is 0.494 e. The quantitative estimate of drug-likeness (QED) is 0.735. The molecule has 0 saturated carbocycles. The van der Waals surface area contributed by atoms with E-state index in [0.717, 1.165) is 12.2 Å². The van der Waals surface area contributed by atoms with Gasteiger partial charge in [0, 0.05) is 6.42 Å². The van der Waals surface area contributed by atoms with Gasteiger partial charge >= 0.3 is 0 Å². The van der Waals surface area contributed by atoms with Crippen LogP contribution in [0.4, 0.5) is 0 Å². The SMILES string of the molecule is CCNC(CCOc1ccc(C(C)(C)CC)cc1)C(N)=O. The van der Waals surface area contributed by atoms with E-state index in [1.807, 2.05) is 19.1 Å². The number of ether oxygens (including phenoxy) is 1. The molecule has 0 aliphatic rings. The summed E-state index contributed by atoms with van der Waals surface area (Å²) >= 11 is 0. The van der Waals surface area contributed by atoms with Crippen LogP contribution >= 0.6 is 0 Å². The van der Waals surface area contributed by atoms with E-state index in [0.29, 0.717) is 19.6 Å². The Hall–Kier alpha value is -1.55. The first-order valence-corrected chi connectivity index (χ1v) is 7.66. The second-order valence-corrected chi connectivity index (χ2v) is 5.91. The molecule has 21 heavy (non-hydrogen) atoms. The van der Waals surface area contributed by atoms with Crippen molar-refractivity contribution in [1.29, 1.82) is 0 Å². The van der Waals surface area contributed by atoms with Crippen molar-refractivity contribution in [2.45, 2.75) is 52.0 Å². The fourth-order valence-corrected chi connectivity index (χ4v) is 2.09. The van der Waals surface area contributed by atoms with Gasteiger partial charge in [0.15, 0.2) is 0 Å². The number of hydrogen-bond donors (Lipinski definition) is 2. The normalized spacial score (nSPS) is 13.0. The van der Waals surface area contributed by atoms with E-state index in [2.05, 4.69) is 38.2 Å². The van der Waals surface area contributed by atoms with Gasteiger partial charge in [0.05, 0.1) is 12.6 Å². The smallest absolute Gasteiger partial charge is 0.234 e. The number of carbonyl (C=O) groups excluding carboxylic acids is 1. The number of nitrogens with two attached hydrogens (primary N) is 1. The Kier molecular flexibility index (Phi) is 6.69. The number of rotatable bonds is 9. The Labute approximate surface area is 128 Å². The number of hydrogen-bond acceptors (Lipinski definition) is 3. The van der Waals surface area contributed by atoms with Gasteiger partial charge < -0.3 is 15.8 Å². The van der Waals surface area contributed by atoms with Crippen molar-refractivity contribution in [1.82, 2.24) is 5.32 Å². The number of likely N-dealkylation sites (N-methyl/N-ethyl adjacent to an activating group) is 1. The van der Waals surface area contributed by atoms with Crippen molar-refractivity contribution in [3.63, 3.8) is 0 Å². The van der Waals surface area contributed by atoms with E-state index in [4.69, 9.17) is 10.5 Å². The number of benzene rings is 1. The van der Waals surface area contributed by atoms with Crippen LogP contribution in [0.15, 0.2) is 24.3 Å². The molecule has 1 aromatic rings.